The van der Waals surface area contributed by atoms with Crippen molar-refractivity contribution in [2.75, 3.05) is 0 Å². The summed E-state index contributed by atoms with van der Waals surface area (Å²) < 4.78 is 9.68. The van der Waals surface area contributed by atoms with Gasteiger partial charge in [0.1, 0.15) is 6.61 Å². The van der Waals surface area contributed by atoms with Gasteiger partial charge in [0.05, 0.1) is 5.69 Å². The highest BCUT2D eigenvalue weighted by atomic mass is 16.5. The van der Waals surface area contributed by atoms with Crippen molar-refractivity contribution < 1.29 is 14.2 Å². The van der Waals surface area contributed by atoms with Gasteiger partial charge in [0.2, 0.25) is 5.76 Å². The summed E-state index contributed by atoms with van der Waals surface area (Å²) in [7, 11) is 0. The van der Waals surface area contributed by atoms with Crippen LogP contribution in [-0.4, -0.2) is 20.4 Å². The molecule has 2 heterocycles. The lowest BCUT2D eigenvalue weighted by Crippen LogP contribution is -1.84. The van der Waals surface area contributed by atoms with Crippen LogP contribution in [0.25, 0.3) is 11.7 Å². The van der Waals surface area contributed by atoms with Crippen LogP contribution in [0.1, 0.15) is 11.5 Å². The van der Waals surface area contributed by atoms with E-state index in [1.54, 1.807) is 13.0 Å². The van der Waals surface area contributed by atoms with Gasteiger partial charge in [-0.25, -0.2) is 0 Å². The van der Waals surface area contributed by atoms with E-state index in [0.717, 1.165) is 5.69 Å². The molecule has 0 saturated carbocycles. The van der Waals surface area contributed by atoms with Gasteiger partial charge in [-0.2, -0.15) is 4.98 Å². The Hall–Kier alpha value is -1.69. The topological polar surface area (TPSA) is 85.2 Å². The Balaban J connectivity index is 2.35. The van der Waals surface area contributed by atoms with Crippen molar-refractivity contribution in [3.8, 4) is 11.7 Å². The van der Waals surface area contributed by atoms with Gasteiger partial charge in [0, 0.05) is 6.07 Å². The fourth-order valence-electron chi connectivity index (χ4n) is 0.883. The Bertz CT molecular complexity index is 407. The van der Waals surface area contributed by atoms with Crippen LogP contribution in [0.5, 0.6) is 0 Å². The molecule has 68 valence electrons. The second-order valence-electron chi connectivity index (χ2n) is 2.51. The van der Waals surface area contributed by atoms with Crippen LogP contribution in [-0.2, 0) is 6.61 Å². The van der Waals surface area contributed by atoms with Crippen molar-refractivity contribution in [2.45, 2.75) is 13.5 Å². The smallest absolute Gasteiger partial charge is 0.296 e. The van der Waals surface area contributed by atoms with Gasteiger partial charge in [-0.05, 0) is 6.92 Å². The summed E-state index contributed by atoms with van der Waals surface area (Å²) in [4.78, 5) is 3.85. The highest BCUT2D eigenvalue weighted by molar-refractivity contribution is 5.43. The number of aromatic nitrogens is 3. The zero-order valence-corrected chi connectivity index (χ0v) is 6.89. The van der Waals surface area contributed by atoms with Gasteiger partial charge in [-0.15, -0.1) is 0 Å². The van der Waals surface area contributed by atoms with Gasteiger partial charge in [0.15, 0.2) is 5.82 Å². The first kappa shape index (κ1) is 7.93. The third-order valence-electron chi connectivity index (χ3n) is 1.45. The molecule has 0 atom stereocenters. The van der Waals surface area contributed by atoms with Gasteiger partial charge in [-0.1, -0.05) is 10.3 Å². The normalized spacial score (nSPS) is 10.6. The summed E-state index contributed by atoms with van der Waals surface area (Å²) in [5.41, 5.74) is 0.735. The zero-order valence-electron chi connectivity index (χ0n) is 6.89. The SMILES string of the molecule is Cc1cc(-c2nc(CO)no2)on1. The van der Waals surface area contributed by atoms with Crippen LogP contribution < -0.4 is 0 Å². The molecule has 6 nitrogen and oxygen atoms in total. The number of rotatable bonds is 2. The lowest BCUT2D eigenvalue weighted by Gasteiger charge is -1.79. The van der Waals surface area contributed by atoms with E-state index in [-0.39, 0.29) is 18.3 Å². The molecule has 0 saturated heterocycles. The van der Waals surface area contributed by atoms with E-state index >= 15 is 0 Å². The average Bonchev–Trinajstić information content (AvgIpc) is 2.71. The van der Waals surface area contributed by atoms with Crippen LogP contribution in [0, 0.1) is 6.92 Å². The van der Waals surface area contributed by atoms with Crippen LogP contribution in [0.4, 0.5) is 0 Å². The Morgan fingerprint density at radius 1 is 1.38 bits per heavy atom. The lowest BCUT2D eigenvalue weighted by atomic mass is 10.4. The van der Waals surface area contributed by atoms with Crippen molar-refractivity contribution in [2.24, 2.45) is 0 Å². The van der Waals surface area contributed by atoms with E-state index in [9.17, 15) is 0 Å². The molecule has 1 N–H and O–H groups in total. The number of aliphatic hydroxyl groups is 1. The lowest BCUT2D eigenvalue weighted by molar-refractivity contribution is 0.263. The molecule has 0 aliphatic rings. The molecule has 6 heteroatoms. The zero-order chi connectivity index (χ0) is 9.26. The molecule has 2 rings (SSSR count). The van der Waals surface area contributed by atoms with Gasteiger partial charge in [0.25, 0.3) is 5.89 Å². The first-order valence-electron chi connectivity index (χ1n) is 3.66. The molecule has 0 radical (unpaired) electrons. The summed E-state index contributed by atoms with van der Waals surface area (Å²) >= 11 is 0. The first-order chi connectivity index (χ1) is 6.29. The molecule has 13 heavy (non-hydrogen) atoms. The average molecular weight is 181 g/mol. The van der Waals surface area contributed by atoms with Crippen LogP contribution in [0.15, 0.2) is 15.1 Å². The maximum absolute atomic E-state index is 8.67. The number of hydrogen-bond acceptors (Lipinski definition) is 6. The second-order valence-corrected chi connectivity index (χ2v) is 2.51. The Morgan fingerprint density at radius 3 is 2.77 bits per heavy atom. The summed E-state index contributed by atoms with van der Waals surface area (Å²) in [6.07, 6.45) is 0. The summed E-state index contributed by atoms with van der Waals surface area (Å²) in [5.74, 6) is 0.860. The third-order valence-corrected chi connectivity index (χ3v) is 1.45. The fraction of sp³-hybridized carbons (Fsp3) is 0.286. The standard InChI is InChI=1S/C7H7N3O3/c1-4-2-5(12-9-4)7-8-6(3-11)10-13-7/h2,11H,3H2,1H3. The number of aryl methyl sites for hydroxylation is 1. The minimum Gasteiger partial charge on any atom is -0.388 e. The molecule has 0 amide bonds. The highest BCUT2D eigenvalue weighted by Gasteiger charge is 2.12. The van der Waals surface area contributed by atoms with Crippen molar-refractivity contribution >= 4 is 0 Å². The predicted octanol–water partition coefficient (Wildman–Crippen LogP) is 0.525. The fourth-order valence-corrected chi connectivity index (χ4v) is 0.883. The van der Waals surface area contributed by atoms with E-state index in [0.29, 0.717) is 5.76 Å². The number of aliphatic hydroxyl groups excluding tert-OH is 1. The van der Waals surface area contributed by atoms with E-state index in [4.69, 9.17) is 14.2 Å². The van der Waals surface area contributed by atoms with E-state index in [2.05, 4.69) is 15.3 Å². The first-order valence-corrected chi connectivity index (χ1v) is 3.66. The van der Waals surface area contributed by atoms with Crippen molar-refractivity contribution in [1.82, 2.24) is 15.3 Å². The molecule has 0 unspecified atom stereocenters. The van der Waals surface area contributed by atoms with E-state index < -0.39 is 0 Å². The minimum absolute atomic E-state index is 0.226. The maximum atomic E-state index is 8.67. The molecule has 0 spiro atoms. The Kier molecular flexibility index (Phi) is 1.82. The molecule has 0 aliphatic carbocycles. The Labute approximate surface area is 73.2 Å². The van der Waals surface area contributed by atoms with Gasteiger partial charge < -0.3 is 14.2 Å². The van der Waals surface area contributed by atoms with E-state index in [1.165, 1.54) is 0 Å². The van der Waals surface area contributed by atoms with Crippen LogP contribution >= 0.6 is 0 Å². The van der Waals surface area contributed by atoms with Gasteiger partial charge >= 0.3 is 0 Å². The van der Waals surface area contributed by atoms with Crippen molar-refractivity contribution in [3.05, 3.63) is 17.6 Å². The summed E-state index contributed by atoms with van der Waals surface area (Å²) in [6.45, 7) is 1.53. The van der Waals surface area contributed by atoms with Crippen molar-refractivity contribution in [3.63, 3.8) is 0 Å². The highest BCUT2D eigenvalue weighted by Crippen LogP contribution is 2.17. The van der Waals surface area contributed by atoms with Gasteiger partial charge in [-0.3, -0.25) is 0 Å². The molecule has 2 aromatic heterocycles. The summed E-state index contributed by atoms with van der Waals surface area (Å²) in [6, 6.07) is 1.68. The molecule has 0 aromatic carbocycles. The minimum atomic E-state index is -0.253. The monoisotopic (exact) mass is 181 g/mol. The largest absolute Gasteiger partial charge is 0.388 e. The predicted molar refractivity (Wildman–Crippen MR) is 40.5 cm³/mol. The molecule has 0 bridgehead atoms. The Morgan fingerprint density at radius 2 is 2.23 bits per heavy atom. The molecule has 2 aromatic rings. The number of hydrogen-bond donors (Lipinski definition) is 1. The second kappa shape index (κ2) is 2.98. The molecular weight excluding hydrogens is 174 g/mol. The molecular formula is C7H7N3O3. The van der Waals surface area contributed by atoms with Crippen LogP contribution in [0.3, 0.4) is 0 Å². The molecule has 0 fully saturated rings. The number of nitrogens with zero attached hydrogens (tertiary/aromatic N) is 3. The quantitative estimate of drug-likeness (QED) is 0.727. The van der Waals surface area contributed by atoms with Crippen molar-refractivity contribution in [1.29, 1.82) is 0 Å². The summed E-state index contributed by atoms with van der Waals surface area (Å²) in [5, 5.41) is 15.8. The van der Waals surface area contributed by atoms with E-state index in [1.807, 2.05) is 0 Å². The van der Waals surface area contributed by atoms with Crippen LogP contribution in [0.2, 0.25) is 0 Å². The molecule has 0 aliphatic heterocycles. The third kappa shape index (κ3) is 1.43. The maximum Gasteiger partial charge on any atom is 0.296 e.